The number of piperidine rings is 1. The molecule has 0 N–H and O–H groups in total. The van der Waals surface area contributed by atoms with Crippen LogP contribution >= 0.6 is 24.0 Å². The third kappa shape index (κ3) is 5.77. The minimum Gasteiger partial charge on any atom is -0.357 e. The zero-order valence-electron chi connectivity index (χ0n) is 23.5. The molecule has 0 radical (unpaired) electrons. The van der Waals surface area contributed by atoms with Crippen LogP contribution in [0.3, 0.4) is 0 Å². The van der Waals surface area contributed by atoms with E-state index in [1.807, 2.05) is 24.8 Å². The van der Waals surface area contributed by atoms with E-state index in [0.29, 0.717) is 27.3 Å². The Morgan fingerprint density at radius 2 is 1.77 bits per heavy atom. The Kier molecular flexibility index (Phi) is 9.12. The van der Waals surface area contributed by atoms with E-state index in [4.69, 9.17) is 12.2 Å². The minimum absolute atomic E-state index is 0.0411. The van der Waals surface area contributed by atoms with Gasteiger partial charge in [-0.25, -0.2) is 0 Å². The van der Waals surface area contributed by atoms with Crippen molar-refractivity contribution in [2.24, 2.45) is 5.92 Å². The fourth-order valence-electron chi connectivity index (χ4n) is 6.48. The number of hydrogen-bond donors (Lipinski definition) is 0. The summed E-state index contributed by atoms with van der Waals surface area (Å²) >= 11 is 7.05. The third-order valence-electron chi connectivity index (χ3n) is 8.61. The lowest BCUT2D eigenvalue weighted by Gasteiger charge is -2.36. The summed E-state index contributed by atoms with van der Waals surface area (Å²) in [4.78, 5) is 31.9. The summed E-state index contributed by atoms with van der Waals surface area (Å²) in [6.07, 6.45) is 11.2. The van der Waals surface area contributed by atoms with Gasteiger partial charge in [-0.1, -0.05) is 80.5 Å². The number of carbonyl (C=O) groups excluding carboxylic acids is 1. The van der Waals surface area contributed by atoms with Crippen LogP contribution in [0.2, 0.25) is 0 Å². The van der Waals surface area contributed by atoms with Crippen LogP contribution in [0.15, 0.2) is 40.0 Å². The quantitative estimate of drug-likeness (QED) is 0.280. The SMILES string of the molecule is CCCn1c(N2CCC(Cc3ccccc3)CC2)c(C=C2SC(=S)N(C3CCCCC3)C2=O)c(C)c(C#N)c1=O. The molecule has 0 atom stereocenters. The number of rotatable bonds is 7. The molecule has 3 aliphatic rings. The summed E-state index contributed by atoms with van der Waals surface area (Å²) < 4.78 is 2.39. The van der Waals surface area contributed by atoms with Gasteiger partial charge in [0.2, 0.25) is 0 Å². The Bertz CT molecular complexity index is 1390. The minimum atomic E-state index is -0.241. The Morgan fingerprint density at radius 3 is 2.42 bits per heavy atom. The highest BCUT2D eigenvalue weighted by Crippen LogP contribution is 2.39. The number of aromatic nitrogens is 1. The van der Waals surface area contributed by atoms with Crippen LogP contribution in [0.25, 0.3) is 6.08 Å². The van der Waals surface area contributed by atoms with Crippen molar-refractivity contribution in [1.82, 2.24) is 9.47 Å². The number of carbonyl (C=O) groups is 1. The van der Waals surface area contributed by atoms with Gasteiger partial charge in [-0.2, -0.15) is 5.26 Å². The average Bonchev–Trinajstić information content (AvgIpc) is 3.25. The molecular weight excluding hydrogens is 537 g/mol. The molecule has 40 heavy (non-hydrogen) atoms. The Balaban J connectivity index is 1.50. The Morgan fingerprint density at radius 1 is 1.07 bits per heavy atom. The molecule has 5 rings (SSSR count). The number of thiocarbonyl (C=S) groups is 1. The predicted molar refractivity (Wildman–Crippen MR) is 167 cm³/mol. The van der Waals surface area contributed by atoms with E-state index in [2.05, 4.69) is 41.3 Å². The number of thioether (sulfide) groups is 1. The van der Waals surface area contributed by atoms with Crippen LogP contribution in [-0.2, 0) is 17.8 Å². The maximum Gasteiger partial charge on any atom is 0.270 e. The van der Waals surface area contributed by atoms with Crippen molar-refractivity contribution in [2.75, 3.05) is 18.0 Å². The van der Waals surface area contributed by atoms with Crippen molar-refractivity contribution in [2.45, 2.75) is 84.2 Å². The molecule has 6 nitrogen and oxygen atoms in total. The number of amides is 1. The first-order chi connectivity index (χ1) is 19.4. The zero-order chi connectivity index (χ0) is 28.2. The van der Waals surface area contributed by atoms with E-state index in [-0.39, 0.29) is 23.1 Å². The number of anilines is 1. The molecule has 1 aliphatic carbocycles. The van der Waals surface area contributed by atoms with Crippen molar-refractivity contribution in [1.29, 1.82) is 5.26 Å². The normalized spacial score (nSPS) is 20.0. The fraction of sp³-hybridized carbons (Fsp3) is 0.500. The third-order valence-corrected chi connectivity index (χ3v) is 9.94. The molecule has 3 heterocycles. The highest BCUT2D eigenvalue weighted by atomic mass is 32.2. The van der Waals surface area contributed by atoms with Crippen molar-refractivity contribution in [3.8, 4) is 6.07 Å². The lowest BCUT2D eigenvalue weighted by molar-refractivity contribution is -0.124. The maximum absolute atomic E-state index is 13.7. The number of hydrogen-bond acceptors (Lipinski definition) is 6. The molecule has 1 aromatic carbocycles. The van der Waals surface area contributed by atoms with Gasteiger partial charge in [-0.15, -0.1) is 0 Å². The van der Waals surface area contributed by atoms with E-state index >= 15 is 0 Å². The molecule has 3 fully saturated rings. The number of nitriles is 1. The smallest absolute Gasteiger partial charge is 0.270 e. The molecule has 2 aliphatic heterocycles. The van der Waals surface area contributed by atoms with Gasteiger partial charge in [0.1, 0.15) is 21.8 Å². The molecule has 0 unspecified atom stereocenters. The number of pyridine rings is 1. The second kappa shape index (κ2) is 12.7. The van der Waals surface area contributed by atoms with Crippen LogP contribution in [0, 0.1) is 24.2 Å². The van der Waals surface area contributed by atoms with Crippen molar-refractivity contribution < 1.29 is 4.79 Å². The van der Waals surface area contributed by atoms with E-state index < -0.39 is 0 Å². The maximum atomic E-state index is 13.7. The second-order valence-corrected chi connectivity index (χ2v) is 12.9. The summed E-state index contributed by atoms with van der Waals surface area (Å²) in [7, 11) is 0. The predicted octanol–water partition coefficient (Wildman–Crippen LogP) is 6.43. The van der Waals surface area contributed by atoms with E-state index in [9.17, 15) is 14.9 Å². The van der Waals surface area contributed by atoms with E-state index in [1.54, 1.807) is 4.57 Å². The Labute approximate surface area is 247 Å². The summed E-state index contributed by atoms with van der Waals surface area (Å²) in [5.41, 5.74) is 2.72. The summed E-state index contributed by atoms with van der Waals surface area (Å²) in [6.45, 7) is 6.07. The van der Waals surface area contributed by atoms with Crippen molar-refractivity contribution >= 4 is 46.1 Å². The molecular formula is C32H38N4O2S2. The molecule has 1 saturated carbocycles. The van der Waals surface area contributed by atoms with Crippen LogP contribution in [0.4, 0.5) is 5.82 Å². The summed E-state index contributed by atoms with van der Waals surface area (Å²) in [5, 5.41) is 9.96. The van der Waals surface area contributed by atoms with Crippen LogP contribution in [0.1, 0.15) is 80.5 Å². The van der Waals surface area contributed by atoms with Crippen LogP contribution in [0.5, 0.6) is 0 Å². The zero-order valence-corrected chi connectivity index (χ0v) is 25.2. The van der Waals surface area contributed by atoms with Gasteiger partial charge < -0.3 is 4.90 Å². The first kappa shape index (κ1) is 28.6. The second-order valence-electron chi connectivity index (χ2n) is 11.3. The van der Waals surface area contributed by atoms with Gasteiger partial charge in [-0.05, 0) is 68.6 Å². The Hall–Kier alpha value is -2.89. The first-order valence-corrected chi connectivity index (χ1v) is 15.9. The molecule has 2 saturated heterocycles. The fourth-order valence-corrected chi connectivity index (χ4v) is 7.86. The van der Waals surface area contributed by atoms with Gasteiger partial charge in [0.15, 0.2) is 0 Å². The summed E-state index contributed by atoms with van der Waals surface area (Å²) in [5.74, 6) is 1.38. The average molecular weight is 575 g/mol. The monoisotopic (exact) mass is 574 g/mol. The largest absolute Gasteiger partial charge is 0.357 e. The lowest BCUT2D eigenvalue weighted by atomic mass is 9.90. The van der Waals surface area contributed by atoms with Gasteiger partial charge in [0.05, 0.1) is 4.91 Å². The molecule has 8 heteroatoms. The first-order valence-electron chi connectivity index (χ1n) is 14.7. The topological polar surface area (TPSA) is 69.3 Å². The molecule has 1 amide bonds. The highest BCUT2D eigenvalue weighted by Gasteiger charge is 2.38. The standard InChI is InChI=1S/C32H38N4O2S2/c1-3-16-35-29(34-17-14-24(15-18-34)19-23-10-6-4-7-11-23)26(22(2)27(21-33)30(35)37)20-28-31(38)36(32(39)40-28)25-12-8-5-9-13-25/h4,6-7,10-11,20,24-25H,3,5,8-9,12-19H2,1-2H3. The molecule has 0 spiro atoms. The van der Waals surface area contributed by atoms with Gasteiger partial charge >= 0.3 is 0 Å². The van der Waals surface area contributed by atoms with Crippen LogP contribution < -0.4 is 10.5 Å². The number of benzene rings is 1. The van der Waals surface area contributed by atoms with Gasteiger partial charge in [-0.3, -0.25) is 19.1 Å². The van der Waals surface area contributed by atoms with E-state index in [1.165, 1.54) is 23.7 Å². The lowest BCUT2D eigenvalue weighted by Crippen LogP contribution is -2.40. The molecule has 0 bridgehead atoms. The van der Waals surface area contributed by atoms with Crippen molar-refractivity contribution in [3.63, 3.8) is 0 Å². The van der Waals surface area contributed by atoms with Gasteiger partial charge in [0, 0.05) is 31.2 Å². The van der Waals surface area contributed by atoms with Gasteiger partial charge in [0.25, 0.3) is 11.5 Å². The van der Waals surface area contributed by atoms with Crippen molar-refractivity contribution in [3.05, 3.63) is 67.8 Å². The van der Waals surface area contributed by atoms with Crippen LogP contribution in [-0.4, -0.2) is 38.8 Å². The molecule has 1 aromatic heterocycles. The van der Waals surface area contributed by atoms with E-state index in [0.717, 1.165) is 75.8 Å². The number of nitrogens with zero attached hydrogens (tertiary/aromatic N) is 4. The molecule has 210 valence electrons. The highest BCUT2D eigenvalue weighted by molar-refractivity contribution is 8.26. The summed E-state index contributed by atoms with van der Waals surface area (Å²) in [6, 6.07) is 13.0. The molecule has 2 aromatic rings.